The monoisotopic (exact) mass is 335 g/mol. The summed E-state index contributed by atoms with van der Waals surface area (Å²) in [5.41, 5.74) is 4.93. The van der Waals surface area contributed by atoms with E-state index in [-0.39, 0.29) is 9.79 Å². The maximum Gasteiger partial charge on any atom is 0.341 e. The first kappa shape index (κ1) is 16.9. The summed E-state index contributed by atoms with van der Waals surface area (Å²) in [5, 5.41) is 8.91. The number of hydrogen-bond acceptors (Lipinski definition) is 7. The van der Waals surface area contributed by atoms with Crippen LogP contribution in [-0.4, -0.2) is 41.6 Å². The number of benzene rings is 1. The van der Waals surface area contributed by atoms with E-state index in [0.717, 1.165) is 30.5 Å². The zero-order valence-electron chi connectivity index (χ0n) is 10.9. The summed E-state index contributed by atoms with van der Waals surface area (Å²) < 4.78 is 50.2. The summed E-state index contributed by atoms with van der Waals surface area (Å²) >= 11 is 0. The minimum Gasteiger partial charge on any atom is -0.370 e. The zero-order valence-corrected chi connectivity index (χ0v) is 12.5. The molecule has 0 aliphatic rings. The molecule has 0 fully saturated rings. The Labute approximate surface area is 121 Å². The Kier molecular flexibility index (Phi) is 4.91. The van der Waals surface area contributed by atoms with Crippen LogP contribution in [0.15, 0.2) is 34.1 Å². The molecule has 11 heteroatoms. The van der Waals surface area contributed by atoms with Gasteiger partial charge in [-0.25, -0.2) is 13.2 Å². The van der Waals surface area contributed by atoms with Crippen LogP contribution in [0.3, 0.4) is 0 Å². The lowest BCUT2D eigenvalue weighted by atomic mass is 10.4. The van der Waals surface area contributed by atoms with Crippen molar-refractivity contribution in [2.24, 2.45) is 5.73 Å². The van der Waals surface area contributed by atoms with E-state index in [1.165, 1.54) is 0 Å². The van der Waals surface area contributed by atoms with Crippen LogP contribution in [0.1, 0.15) is 0 Å². The van der Waals surface area contributed by atoms with E-state index in [2.05, 4.69) is 9.50 Å². The molecule has 0 aliphatic carbocycles. The van der Waals surface area contributed by atoms with E-state index >= 15 is 0 Å². The quantitative estimate of drug-likeness (QED) is 0.344. The molecule has 1 aromatic rings. The highest BCUT2D eigenvalue weighted by Crippen LogP contribution is 2.16. The maximum atomic E-state index is 11.7. The van der Waals surface area contributed by atoms with E-state index in [9.17, 15) is 21.6 Å². The standard InChI is InChI=1S/C10H13N3O6S2/c1-20(15,16)7-2-4-8(5-3-7)21(17,18)19-9(14)6-13-10(11)12/h2-5H,6H2,1H3,(H4,11,12,13). The average Bonchev–Trinajstić information content (AvgIpc) is 2.35. The highest BCUT2D eigenvalue weighted by atomic mass is 32.2. The van der Waals surface area contributed by atoms with Gasteiger partial charge in [0.15, 0.2) is 15.8 Å². The second-order valence-corrected chi connectivity index (χ2v) is 7.48. The molecule has 0 amide bonds. The molecule has 0 atom stereocenters. The predicted octanol–water partition coefficient (Wildman–Crippen LogP) is -1.19. The van der Waals surface area contributed by atoms with Gasteiger partial charge in [-0.1, -0.05) is 0 Å². The van der Waals surface area contributed by atoms with Gasteiger partial charge in [0, 0.05) is 6.26 Å². The third-order valence-corrected chi connectivity index (χ3v) is 4.55. The number of nitrogens with two attached hydrogens (primary N) is 1. The Morgan fingerprint density at radius 3 is 2.10 bits per heavy atom. The van der Waals surface area contributed by atoms with Crippen LogP contribution in [0.25, 0.3) is 0 Å². The van der Waals surface area contributed by atoms with Crippen LogP contribution >= 0.6 is 0 Å². The van der Waals surface area contributed by atoms with Crippen molar-refractivity contribution in [3.05, 3.63) is 24.3 Å². The number of hydrogen-bond donors (Lipinski definition) is 3. The summed E-state index contributed by atoms with van der Waals surface area (Å²) in [6.45, 7) is -0.587. The van der Waals surface area contributed by atoms with Crippen molar-refractivity contribution in [3.8, 4) is 0 Å². The molecule has 0 saturated carbocycles. The first-order chi connectivity index (χ1) is 9.52. The smallest absolute Gasteiger partial charge is 0.341 e. The number of nitrogens with one attached hydrogen (secondary N) is 2. The molecule has 116 valence electrons. The molecule has 1 aromatic carbocycles. The number of guanidine groups is 1. The van der Waals surface area contributed by atoms with Crippen LogP contribution in [0.5, 0.6) is 0 Å². The summed E-state index contributed by atoms with van der Waals surface area (Å²) in [4.78, 5) is 10.8. The topological polar surface area (TPSA) is 156 Å². The van der Waals surface area contributed by atoms with Gasteiger partial charge in [-0.2, -0.15) is 8.42 Å². The molecule has 0 radical (unpaired) electrons. The fraction of sp³-hybridized carbons (Fsp3) is 0.200. The van der Waals surface area contributed by atoms with Crippen molar-refractivity contribution < 1.29 is 25.8 Å². The highest BCUT2D eigenvalue weighted by Gasteiger charge is 2.20. The van der Waals surface area contributed by atoms with Crippen LogP contribution in [-0.2, 0) is 28.9 Å². The number of rotatable bonds is 5. The van der Waals surface area contributed by atoms with Gasteiger partial charge >= 0.3 is 16.1 Å². The molecule has 0 bridgehead atoms. The van der Waals surface area contributed by atoms with E-state index in [1.54, 1.807) is 0 Å². The minimum absolute atomic E-state index is 0.0639. The molecule has 0 aliphatic heterocycles. The summed E-state index contributed by atoms with van der Waals surface area (Å²) in [6, 6.07) is 4.20. The van der Waals surface area contributed by atoms with Gasteiger partial charge < -0.3 is 15.2 Å². The predicted molar refractivity (Wildman–Crippen MR) is 72.7 cm³/mol. The first-order valence-corrected chi connectivity index (χ1v) is 8.67. The van der Waals surface area contributed by atoms with Gasteiger partial charge in [-0.15, -0.1) is 0 Å². The molecule has 0 unspecified atom stereocenters. The normalized spacial score (nSPS) is 11.7. The Hall–Kier alpha value is -2.14. The molecule has 0 spiro atoms. The second kappa shape index (κ2) is 6.10. The average molecular weight is 335 g/mol. The number of carbonyl (C=O) groups is 1. The van der Waals surface area contributed by atoms with Crippen molar-refractivity contribution >= 4 is 31.9 Å². The lowest BCUT2D eigenvalue weighted by Gasteiger charge is -2.07. The maximum absolute atomic E-state index is 11.7. The van der Waals surface area contributed by atoms with Gasteiger partial charge in [0.05, 0.1) is 4.90 Å². The van der Waals surface area contributed by atoms with Gasteiger partial charge in [-0.3, -0.25) is 5.41 Å². The minimum atomic E-state index is -4.37. The summed E-state index contributed by atoms with van der Waals surface area (Å²) in [7, 11) is -7.82. The molecule has 0 aromatic heterocycles. The van der Waals surface area contributed by atoms with Gasteiger partial charge in [0.1, 0.15) is 11.4 Å². The number of carbonyl (C=O) groups excluding carboxylic acids is 1. The fourth-order valence-electron chi connectivity index (χ4n) is 1.22. The fourth-order valence-corrected chi connectivity index (χ4v) is 2.72. The third kappa shape index (κ3) is 5.04. The van der Waals surface area contributed by atoms with E-state index in [1.807, 2.05) is 0 Å². The molecular formula is C10H13N3O6S2. The van der Waals surface area contributed by atoms with Crippen LogP contribution < -0.4 is 11.1 Å². The Balaban J connectivity index is 2.88. The Bertz CT molecular complexity index is 752. The van der Waals surface area contributed by atoms with Gasteiger partial charge in [0.25, 0.3) is 0 Å². The van der Waals surface area contributed by atoms with Crippen LogP contribution in [0.4, 0.5) is 0 Å². The van der Waals surface area contributed by atoms with E-state index in [4.69, 9.17) is 11.1 Å². The largest absolute Gasteiger partial charge is 0.370 e. The SMILES string of the molecule is CS(=O)(=O)c1ccc(S(=O)(=O)OC(=O)CNC(=N)N)cc1. The molecule has 9 nitrogen and oxygen atoms in total. The van der Waals surface area contributed by atoms with Crippen molar-refractivity contribution in [1.82, 2.24) is 5.32 Å². The Morgan fingerprint density at radius 2 is 1.67 bits per heavy atom. The van der Waals surface area contributed by atoms with Crippen molar-refractivity contribution in [3.63, 3.8) is 0 Å². The first-order valence-electron chi connectivity index (χ1n) is 5.38. The van der Waals surface area contributed by atoms with Crippen molar-refractivity contribution in [2.75, 3.05) is 12.8 Å². The Morgan fingerprint density at radius 1 is 1.19 bits per heavy atom. The molecule has 4 N–H and O–H groups in total. The zero-order chi connectivity index (χ0) is 16.3. The molecule has 21 heavy (non-hydrogen) atoms. The molecule has 1 rings (SSSR count). The van der Waals surface area contributed by atoms with Crippen LogP contribution in [0, 0.1) is 5.41 Å². The third-order valence-electron chi connectivity index (χ3n) is 2.17. The van der Waals surface area contributed by atoms with E-state index < -0.39 is 38.4 Å². The van der Waals surface area contributed by atoms with E-state index in [0.29, 0.717) is 0 Å². The van der Waals surface area contributed by atoms with Crippen molar-refractivity contribution in [1.29, 1.82) is 5.41 Å². The molecule has 0 heterocycles. The lowest BCUT2D eigenvalue weighted by molar-refractivity contribution is -0.132. The highest BCUT2D eigenvalue weighted by molar-refractivity contribution is 7.90. The van der Waals surface area contributed by atoms with Crippen molar-refractivity contribution in [2.45, 2.75) is 9.79 Å². The molecular weight excluding hydrogens is 322 g/mol. The van der Waals surface area contributed by atoms with Crippen LogP contribution in [0.2, 0.25) is 0 Å². The van der Waals surface area contributed by atoms with Gasteiger partial charge in [-0.05, 0) is 24.3 Å². The lowest BCUT2D eigenvalue weighted by Crippen LogP contribution is -2.35. The van der Waals surface area contributed by atoms with Gasteiger partial charge in [0.2, 0.25) is 0 Å². The summed E-state index contributed by atoms with van der Waals surface area (Å²) in [6.07, 6.45) is 0.976. The summed E-state index contributed by atoms with van der Waals surface area (Å²) in [5.74, 6) is -1.67. The molecule has 0 saturated heterocycles. The second-order valence-electron chi connectivity index (χ2n) is 3.92. The number of sulfone groups is 1.